The van der Waals surface area contributed by atoms with Crippen molar-refractivity contribution in [2.45, 2.75) is 6.42 Å². The van der Waals surface area contributed by atoms with Crippen molar-refractivity contribution in [2.75, 3.05) is 18.4 Å². The fourth-order valence-electron chi connectivity index (χ4n) is 1.69. The highest BCUT2D eigenvalue weighted by atomic mass is 79.9. The highest BCUT2D eigenvalue weighted by Crippen LogP contribution is 2.17. The summed E-state index contributed by atoms with van der Waals surface area (Å²) in [6.07, 6.45) is 0.930. The number of nitrogens with one attached hydrogen (secondary N) is 2. The van der Waals surface area contributed by atoms with E-state index in [4.69, 9.17) is 0 Å². The van der Waals surface area contributed by atoms with Gasteiger partial charge in [0.15, 0.2) is 0 Å². The molecule has 0 aromatic heterocycles. The lowest BCUT2D eigenvalue weighted by Crippen LogP contribution is -2.24. The second kappa shape index (κ2) is 6.23. The number of hydrogen-bond acceptors (Lipinski definition) is 2. The molecule has 1 unspecified atom stereocenters. The molecular formula is C11H14BrClN2O. The first-order valence-corrected chi connectivity index (χ1v) is 5.82. The summed E-state index contributed by atoms with van der Waals surface area (Å²) >= 11 is 3.37. The molecule has 88 valence electrons. The standard InChI is InChI=1S/C11H13BrN2O.ClH/c12-9-2-1-3-10(6-9)14-11(15)8-4-5-13-7-8;/h1-3,6,8,13H,4-5,7H2,(H,14,15);1H. The smallest absolute Gasteiger partial charge is 0.228 e. The van der Waals surface area contributed by atoms with Crippen molar-refractivity contribution >= 4 is 39.9 Å². The van der Waals surface area contributed by atoms with E-state index in [-0.39, 0.29) is 24.2 Å². The Balaban J connectivity index is 0.00000128. The van der Waals surface area contributed by atoms with E-state index in [1.807, 2.05) is 24.3 Å². The Labute approximate surface area is 110 Å². The zero-order valence-electron chi connectivity index (χ0n) is 8.70. The van der Waals surface area contributed by atoms with Crippen LogP contribution in [0.25, 0.3) is 0 Å². The van der Waals surface area contributed by atoms with Gasteiger partial charge >= 0.3 is 0 Å². The summed E-state index contributed by atoms with van der Waals surface area (Å²) in [4.78, 5) is 11.8. The lowest BCUT2D eigenvalue weighted by molar-refractivity contribution is -0.119. The van der Waals surface area contributed by atoms with Crippen molar-refractivity contribution in [3.63, 3.8) is 0 Å². The molecule has 2 N–H and O–H groups in total. The van der Waals surface area contributed by atoms with Crippen molar-refractivity contribution in [1.29, 1.82) is 0 Å². The molecule has 3 nitrogen and oxygen atoms in total. The summed E-state index contributed by atoms with van der Waals surface area (Å²) in [5.74, 6) is 0.224. The second-order valence-electron chi connectivity index (χ2n) is 3.69. The average molecular weight is 306 g/mol. The van der Waals surface area contributed by atoms with E-state index in [1.54, 1.807) is 0 Å². The van der Waals surface area contributed by atoms with Crippen LogP contribution in [0.3, 0.4) is 0 Å². The predicted molar refractivity (Wildman–Crippen MR) is 71.0 cm³/mol. The van der Waals surface area contributed by atoms with Crippen molar-refractivity contribution in [2.24, 2.45) is 5.92 Å². The summed E-state index contributed by atoms with van der Waals surface area (Å²) in [6, 6.07) is 7.64. The molecule has 1 heterocycles. The third kappa shape index (κ3) is 3.47. The zero-order valence-corrected chi connectivity index (χ0v) is 11.1. The van der Waals surface area contributed by atoms with Crippen LogP contribution in [0.15, 0.2) is 28.7 Å². The molecule has 5 heteroatoms. The first kappa shape index (κ1) is 13.5. The van der Waals surface area contributed by atoms with E-state index in [0.29, 0.717) is 0 Å². The second-order valence-corrected chi connectivity index (χ2v) is 4.60. The summed E-state index contributed by atoms with van der Waals surface area (Å²) in [6.45, 7) is 1.73. The third-order valence-corrected chi connectivity index (χ3v) is 3.02. The normalized spacial score (nSPS) is 18.9. The quantitative estimate of drug-likeness (QED) is 0.881. The molecule has 1 saturated heterocycles. The van der Waals surface area contributed by atoms with E-state index in [2.05, 4.69) is 26.6 Å². The molecule has 0 radical (unpaired) electrons. The van der Waals surface area contributed by atoms with Gasteiger partial charge in [0.1, 0.15) is 0 Å². The van der Waals surface area contributed by atoms with Crippen LogP contribution in [-0.2, 0) is 4.79 Å². The van der Waals surface area contributed by atoms with Gasteiger partial charge < -0.3 is 10.6 Å². The minimum absolute atomic E-state index is 0. The molecule has 0 aliphatic carbocycles. The summed E-state index contributed by atoms with van der Waals surface area (Å²) in [7, 11) is 0. The first-order chi connectivity index (χ1) is 7.25. The zero-order chi connectivity index (χ0) is 10.7. The van der Waals surface area contributed by atoms with Gasteiger partial charge in [0.25, 0.3) is 0 Å². The first-order valence-electron chi connectivity index (χ1n) is 5.03. The maximum absolute atomic E-state index is 11.8. The predicted octanol–water partition coefficient (Wildman–Crippen LogP) is 2.42. The summed E-state index contributed by atoms with van der Waals surface area (Å²) in [5.41, 5.74) is 0.848. The number of rotatable bonds is 2. The Kier molecular flexibility index (Phi) is 5.25. The summed E-state index contributed by atoms with van der Waals surface area (Å²) in [5, 5.41) is 6.10. The Hall–Kier alpha value is -0.580. The molecular weight excluding hydrogens is 291 g/mol. The Bertz CT molecular complexity index is 367. The molecule has 0 saturated carbocycles. The number of carbonyl (C=O) groups is 1. The number of anilines is 1. The van der Waals surface area contributed by atoms with E-state index in [1.165, 1.54) is 0 Å². The minimum Gasteiger partial charge on any atom is -0.326 e. The van der Waals surface area contributed by atoms with Crippen LogP contribution in [0, 0.1) is 5.92 Å². The molecule has 0 bridgehead atoms. The molecule has 16 heavy (non-hydrogen) atoms. The molecule has 0 spiro atoms. The van der Waals surface area contributed by atoms with E-state index in [9.17, 15) is 4.79 Å². The van der Waals surface area contributed by atoms with Crippen LogP contribution in [-0.4, -0.2) is 19.0 Å². The highest BCUT2D eigenvalue weighted by molar-refractivity contribution is 9.10. The van der Waals surface area contributed by atoms with Crippen molar-refractivity contribution in [3.05, 3.63) is 28.7 Å². The number of halogens is 2. The largest absolute Gasteiger partial charge is 0.326 e. The molecule has 1 aromatic rings. The number of benzene rings is 1. The number of carbonyl (C=O) groups excluding carboxylic acids is 1. The molecule has 1 aliphatic rings. The van der Waals surface area contributed by atoms with Gasteiger partial charge in [0, 0.05) is 16.7 Å². The van der Waals surface area contributed by atoms with Gasteiger partial charge in [-0.1, -0.05) is 22.0 Å². The Morgan fingerprint density at radius 3 is 2.94 bits per heavy atom. The van der Waals surface area contributed by atoms with E-state index < -0.39 is 0 Å². The van der Waals surface area contributed by atoms with Gasteiger partial charge in [0.05, 0.1) is 5.92 Å². The van der Waals surface area contributed by atoms with Crippen LogP contribution < -0.4 is 10.6 Å². The minimum atomic E-state index is 0. The molecule has 1 amide bonds. The Morgan fingerprint density at radius 1 is 1.50 bits per heavy atom. The number of amides is 1. The van der Waals surface area contributed by atoms with Gasteiger partial charge in [-0.05, 0) is 31.2 Å². The van der Waals surface area contributed by atoms with Gasteiger partial charge in [-0.3, -0.25) is 4.79 Å². The number of hydrogen-bond donors (Lipinski definition) is 2. The van der Waals surface area contributed by atoms with Crippen LogP contribution in [0.4, 0.5) is 5.69 Å². The Morgan fingerprint density at radius 2 is 2.31 bits per heavy atom. The van der Waals surface area contributed by atoms with Crippen LogP contribution >= 0.6 is 28.3 Å². The maximum Gasteiger partial charge on any atom is 0.228 e. The van der Waals surface area contributed by atoms with Gasteiger partial charge in [-0.25, -0.2) is 0 Å². The topological polar surface area (TPSA) is 41.1 Å². The SMILES string of the molecule is Cl.O=C(Nc1cccc(Br)c1)C1CCNC1. The molecule has 1 aliphatic heterocycles. The van der Waals surface area contributed by atoms with Gasteiger partial charge in [-0.15, -0.1) is 12.4 Å². The van der Waals surface area contributed by atoms with Crippen LogP contribution in [0.2, 0.25) is 0 Å². The van der Waals surface area contributed by atoms with E-state index >= 15 is 0 Å². The fourth-order valence-corrected chi connectivity index (χ4v) is 2.09. The van der Waals surface area contributed by atoms with E-state index in [0.717, 1.165) is 29.7 Å². The third-order valence-electron chi connectivity index (χ3n) is 2.52. The average Bonchev–Trinajstić information content (AvgIpc) is 2.70. The van der Waals surface area contributed by atoms with Gasteiger partial charge in [0.2, 0.25) is 5.91 Å². The lowest BCUT2D eigenvalue weighted by Gasteiger charge is -2.09. The van der Waals surface area contributed by atoms with Crippen molar-refractivity contribution in [1.82, 2.24) is 5.32 Å². The monoisotopic (exact) mass is 304 g/mol. The van der Waals surface area contributed by atoms with Crippen LogP contribution in [0.1, 0.15) is 6.42 Å². The fraction of sp³-hybridized carbons (Fsp3) is 0.364. The lowest BCUT2D eigenvalue weighted by atomic mass is 10.1. The molecule has 1 fully saturated rings. The summed E-state index contributed by atoms with van der Waals surface area (Å²) < 4.78 is 0.977. The molecule has 2 rings (SSSR count). The molecule has 1 aromatic carbocycles. The van der Waals surface area contributed by atoms with Gasteiger partial charge in [-0.2, -0.15) is 0 Å². The molecule has 1 atom stereocenters. The van der Waals surface area contributed by atoms with Crippen molar-refractivity contribution in [3.8, 4) is 0 Å². The highest BCUT2D eigenvalue weighted by Gasteiger charge is 2.22. The van der Waals surface area contributed by atoms with Crippen LogP contribution in [0.5, 0.6) is 0 Å². The van der Waals surface area contributed by atoms with Crippen molar-refractivity contribution < 1.29 is 4.79 Å². The maximum atomic E-state index is 11.8.